The predicted molar refractivity (Wildman–Crippen MR) is 411 cm³/mol. The van der Waals surface area contributed by atoms with Crippen LogP contribution < -0.4 is 86.3 Å². The number of hydrogen-bond donors (Lipinski definition) is 20. The molecule has 0 spiro atoms. The van der Waals surface area contributed by atoms with E-state index in [0.717, 1.165) is 11.8 Å². The Labute approximate surface area is 644 Å². The summed E-state index contributed by atoms with van der Waals surface area (Å²) < 4.78 is 1.59. The SMILES string of the molecule is CC[C@H](C)[C@@H]1NC(=O)[C@@H](Cc2ccccc2)NC(=O)CSC[C@@H](C(N)=O)NC(=O)[C@H](C(C)C)NC(=O)[C@H](Cc2c[nH]c3ccccc23)NC(=O)[C@H](Cc2cncn2C)NC(=O)[C@H](C(C)C)NC(=O)[C@H](Cc2c[nH]c3ccccc23)NC(=O)[C@H](CC(N)=O)NC(=O)[C@H](CCCNC(=N)N)NC(=O)CNC(=O)[C@H](CO)NC1=O. The smallest absolute Gasteiger partial charge is 0.245 e. The summed E-state index contributed by atoms with van der Waals surface area (Å²) in [5.41, 5.74) is 20.4. The fraction of sp³-hybridized carbons (Fsp3) is 0.459. The monoisotopic (exact) mass is 1560 g/mol. The Hall–Kier alpha value is -11.9. The van der Waals surface area contributed by atoms with Crippen molar-refractivity contribution in [1.29, 1.82) is 5.41 Å². The van der Waals surface area contributed by atoms with Crippen molar-refractivity contribution >= 4 is 122 Å². The van der Waals surface area contributed by atoms with Crippen molar-refractivity contribution in [2.24, 2.45) is 42.0 Å². The molecule has 3 aromatic heterocycles. The summed E-state index contributed by atoms with van der Waals surface area (Å²) in [6, 6.07) is 5.63. The topological polar surface area (TPSA) is 567 Å². The Bertz CT molecular complexity index is 4320. The number of amides is 14. The molecule has 7 rings (SSSR count). The average Bonchev–Trinajstić information content (AvgIpc) is 1.72. The van der Waals surface area contributed by atoms with Gasteiger partial charge in [-0.25, -0.2) is 4.98 Å². The van der Waals surface area contributed by atoms with Gasteiger partial charge in [0.05, 0.1) is 31.7 Å². The molecule has 1 aliphatic heterocycles. The highest BCUT2D eigenvalue weighted by molar-refractivity contribution is 8.00. The molecule has 111 heavy (non-hydrogen) atoms. The molecule has 598 valence electrons. The Balaban J connectivity index is 1.27. The molecule has 3 aromatic carbocycles. The Morgan fingerprint density at radius 3 is 1.55 bits per heavy atom. The maximum absolute atomic E-state index is 15.2. The van der Waals surface area contributed by atoms with Crippen LogP contribution in [0.3, 0.4) is 0 Å². The van der Waals surface area contributed by atoms with Crippen molar-refractivity contribution in [3.05, 3.63) is 126 Å². The third-order valence-electron chi connectivity index (χ3n) is 18.7. The predicted octanol–water partition coefficient (Wildman–Crippen LogP) is -3.18. The van der Waals surface area contributed by atoms with Crippen LogP contribution in [0, 0.1) is 23.2 Å². The lowest BCUT2D eigenvalue weighted by Gasteiger charge is -2.29. The van der Waals surface area contributed by atoms with E-state index in [-0.39, 0.29) is 57.2 Å². The second-order valence-electron chi connectivity index (χ2n) is 27.9. The summed E-state index contributed by atoms with van der Waals surface area (Å²) in [6.07, 6.45) is 4.47. The Kier molecular flexibility index (Phi) is 32.4. The first-order valence-corrected chi connectivity index (χ1v) is 37.5. The molecular formula is C74H101N21O15S. The number of fused-ring (bicyclic) bond motifs is 2. The highest BCUT2D eigenvalue weighted by Gasteiger charge is 2.39. The lowest BCUT2D eigenvalue weighted by molar-refractivity contribution is -0.137. The lowest BCUT2D eigenvalue weighted by atomic mass is 9.96. The molecule has 23 N–H and O–H groups in total. The van der Waals surface area contributed by atoms with Crippen LogP contribution in [-0.4, -0.2) is 211 Å². The molecule has 4 heterocycles. The van der Waals surface area contributed by atoms with E-state index in [1.165, 1.54) is 12.5 Å². The van der Waals surface area contributed by atoms with Gasteiger partial charge in [0.15, 0.2) is 5.96 Å². The number of aliphatic hydroxyl groups excluding tert-OH is 1. The third-order valence-corrected chi connectivity index (χ3v) is 19.8. The second-order valence-corrected chi connectivity index (χ2v) is 29.0. The van der Waals surface area contributed by atoms with Crippen LogP contribution in [0.25, 0.3) is 21.8 Å². The first kappa shape index (κ1) is 86.3. The van der Waals surface area contributed by atoms with E-state index in [0.29, 0.717) is 44.2 Å². The molecule has 0 aliphatic carbocycles. The number of guanidine groups is 1. The second kappa shape index (κ2) is 41.6. The largest absolute Gasteiger partial charge is 0.394 e. The first-order valence-electron chi connectivity index (χ1n) is 36.4. The summed E-state index contributed by atoms with van der Waals surface area (Å²) >= 11 is 0.860. The number of hydrogen-bond acceptors (Lipinski definition) is 18. The van der Waals surface area contributed by atoms with Gasteiger partial charge in [-0.15, -0.1) is 11.8 Å². The van der Waals surface area contributed by atoms with Gasteiger partial charge in [0.1, 0.15) is 66.5 Å². The molecule has 1 saturated heterocycles. The number of carbonyl (C=O) groups excluding carboxylic acids is 14. The minimum Gasteiger partial charge on any atom is -0.394 e. The van der Waals surface area contributed by atoms with E-state index < -0.39 is 198 Å². The highest BCUT2D eigenvalue weighted by atomic mass is 32.2. The van der Waals surface area contributed by atoms with E-state index in [1.807, 2.05) is 0 Å². The number of primary amides is 2. The number of rotatable bonds is 20. The van der Waals surface area contributed by atoms with Gasteiger partial charge >= 0.3 is 0 Å². The van der Waals surface area contributed by atoms with Gasteiger partial charge in [-0.3, -0.25) is 72.5 Å². The maximum Gasteiger partial charge on any atom is 0.245 e. The van der Waals surface area contributed by atoms with Crippen LogP contribution in [0.4, 0.5) is 0 Å². The lowest BCUT2D eigenvalue weighted by Crippen LogP contribution is -2.62. The Morgan fingerprint density at radius 1 is 0.559 bits per heavy atom. The van der Waals surface area contributed by atoms with Gasteiger partial charge in [0, 0.05) is 91.1 Å². The molecule has 37 heteroatoms. The van der Waals surface area contributed by atoms with Crippen LogP contribution in [0.5, 0.6) is 0 Å². The summed E-state index contributed by atoms with van der Waals surface area (Å²) in [5, 5.41) is 53.3. The van der Waals surface area contributed by atoms with Crippen LogP contribution in [-0.2, 0) is 99.9 Å². The normalized spacial score (nSPS) is 23.2. The first-order chi connectivity index (χ1) is 52.8. The van der Waals surface area contributed by atoms with E-state index in [2.05, 4.69) is 84.1 Å². The van der Waals surface area contributed by atoms with Crippen molar-refractivity contribution in [2.75, 3.05) is 31.2 Å². The summed E-state index contributed by atoms with van der Waals surface area (Å²) in [4.78, 5) is 211. The molecule has 12 atom stereocenters. The average molecular weight is 1560 g/mol. The van der Waals surface area contributed by atoms with Gasteiger partial charge in [0.25, 0.3) is 0 Å². The number of imidazole rings is 1. The van der Waals surface area contributed by atoms with E-state index in [1.54, 1.807) is 144 Å². The quantitative estimate of drug-likeness (QED) is 0.0204. The van der Waals surface area contributed by atoms with Crippen molar-refractivity contribution in [2.45, 2.75) is 159 Å². The number of carbonyl (C=O) groups is 14. The van der Waals surface area contributed by atoms with Crippen LogP contribution in [0.15, 0.2) is 104 Å². The molecule has 0 bridgehead atoms. The molecule has 1 aliphatic rings. The number of aromatic nitrogens is 4. The number of nitrogens with two attached hydrogens (primary N) is 3. The molecule has 0 unspecified atom stereocenters. The Morgan fingerprint density at radius 2 is 1.03 bits per heavy atom. The fourth-order valence-corrected chi connectivity index (χ4v) is 13.2. The standard InChI is InChI=1S/C74H101N21O15S/c1-8-40(6)62-73(110)90-55(34-96)64(101)83-33-58(98)84-49(23-16-24-80-74(77)78)65(102)88-54(29-57(75)97)67(104)87-52(27-43-31-82-48-22-15-13-20-46(43)48)70(107)92-60(38(2)3)71(108)89-53(28-44-32-79-37-95(44)7)66(103)86-51(26-42-30-81-47-21-14-12-19-45(42)47)69(106)93-61(39(4)5)72(109)91-56(63(76)100)35-111-36-59(99)85-50(68(105)94-62)25-41-17-10-9-11-18-41/h9-15,17-22,30-32,37-40,49-56,60-62,81-82,96H,8,16,23-29,33-36H2,1-7H3,(H2,75,97)(H2,76,100)(H,83,101)(H,84,98)(H,85,99)(H,86,103)(H,87,104)(H,88,102)(H,89,108)(H,90,110)(H,91,109)(H,92,107)(H,93,106)(H,94,105)(H4,77,78,80)/t40-,49-,50+,51-,52-,53-,54-,55-,56-,60-,61-,62-/m0/s1. The molecule has 0 radical (unpaired) electrons. The zero-order chi connectivity index (χ0) is 81.2. The maximum atomic E-state index is 15.2. The van der Waals surface area contributed by atoms with Crippen molar-refractivity contribution < 1.29 is 72.2 Å². The molecule has 14 amide bonds. The van der Waals surface area contributed by atoms with Crippen LogP contribution >= 0.6 is 11.8 Å². The summed E-state index contributed by atoms with van der Waals surface area (Å²) in [5.74, 6) is -16.8. The highest BCUT2D eigenvalue weighted by Crippen LogP contribution is 2.23. The summed E-state index contributed by atoms with van der Waals surface area (Å²) in [7, 11) is 1.64. The number of para-hydroxylation sites is 2. The fourth-order valence-electron chi connectivity index (χ4n) is 12.3. The number of aliphatic hydroxyl groups is 1. The number of aromatic amines is 2. The molecule has 0 saturated carbocycles. The molecular weight excluding hydrogens is 1460 g/mol. The van der Waals surface area contributed by atoms with Crippen molar-refractivity contribution in [1.82, 2.24) is 88.6 Å². The number of aryl methyl sites for hydroxylation is 1. The van der Waals surface area contributed by atoms with Gasteiger partial charge in [-0.2, -0.15) is 0 Å². The number of benzene rings is 3. The van der Waals surface area contributed by atoms with Crippen molar-refractivity contribution in [3.63, 3.8) is 0 Å². The zero-order valence-electron chi connectivity index (χ0n) is 62.8. The number of H-pyrrole nitrogens is 2. The van der Waals surface area contributed by atoms with E-state index >= 15 is 19.2 Å². The summed E-state index contributed by atoms with van der Waals surface area (Å²) in [6.45, 7) is 7.82. The molecule has 36 nitrogen and oxygen atoms in total. The number of nitrogens with one attached hydrogen (secondary N) is 16. The van der Waals surface area contributed by atoms with Gasteiger partial charge < -0.3 is 106 Å². The molecule has 6 aromatic rings. The van der Waals surface area contributed by atoms with E-state index in [9.17, 15) is 53.1 Å². The van der Waals surface area contributed by atoms with Gasteiger partial charge in [-0.05, 0) is 59.4 Å². The minimum absolute atomic E-state index is 0.0145. The zero-order valence-corrected chi connectivity index (χ0v) is 63.6. The van der Waals surface area contributed by atoms with Crippen LogP contribution in [0.2, 0.25) is 0 Å². The van der Waals surface area contributed by atoms with Crippen molar-refractivity contribution in [3.8, 4) is 0 Å². The van der Waals surface area contributed by atoms with Gasteiger partial charge in [-0.1, -0.05) is 115 Å². The van der Waals surface area contributed by atoms with Crippen LogP contribution in [0.1, 0.15) is 89.6 Å². The number of thioether (sulfide) groups is 1. The molecule has 1 fully saturated rings. The van der Waals surface area contributed by atoms with E-state index in [4.69, 9.17) is 22.6 Å². The minimum atomic E-state index is -1.87. The van der Waals surface area contributed by atoms with Gasteiger partial charge in [0.2, 0.25) is 82.7 Å². The number of nitrogens with zero attached hydrogens (tertiary/aromatic N) is 2. The third kappa shape index (κ3) is 25.6.